The maximum absolute atomic E-state index is 5.57. The van der Waals surface area contributed by atoms with Gasteiger partial charge in [0.05, 0.1) is 13.2 Å². The second-order valence-electron chi connectivity index (χ2n) is 4.97. The van der Waals surface area contributed by atoms with Crippen LogP contribution in [0.2, 0.25) is 0 Å². The zero-order valence-electron chi connectivity index (χ0n) is 13.0. The third-order valence-electron chi connectivity index (χ3n) is 3.07. The Kier molecular flexibility index (Phi) is 9.04. The van der Waals surface area contributed by atoms with Crippen molar-refractivity contribution in [2.24, 2.45) is 0 Å². The largest absolute Gasteiger partial charge is 0.494 e. The van der Waals surface area contributed by atoms with Crippen LogP contribution in [0, 0.1) is 0 Å². The number of nitrogens with one attached hydrogen (secondary N) is 1. The summed E-state index contributed by atoms with van der Waals surface area (Å²) in [6, 6.07) is 8.31. The van der Waals surface area contributed by atoms with Gasteiger partial charge in [0.1, 0.15) is 5.75 Å². The maximum Gasteiger partial charge on any atom is 0.119 e. The van der Waals surface area contributed by atoms with Crippen LogP contribution in [0.5, 0.6) is 5.75 Å². The zero-order chi connectivity index (χ0) is 14.6. The lowest BCUT2D eigenvalue weighted by atomic mass is 10.2. The minimum atomic E-state index is 0.783. The molecule has 0 fully saturated rings. The molecule has 1 N–H and O–H groups in total. The number of hydrogen-bond donors (Lipinski definition) is 1. The smallest absolute Gasteiger partial charge is 0.119 e. The zero-order valence-corrected chi connectivity index (χ0v) is 13.0. The molecule has 0 aromatic heterocycles. The van der Waals surface area contributed by atoms with Crippen LogP contribution < -0.4 is 10.1 Å². The van der Waals surface area contributed by atoms with Gasteiger partial charge < -0.3 is 19.7 Å². The molecule has 0 aliphatic rings. The van der Waals surface area contributed by atoms with Gasteiger partial charge >= 0.3 is 0 Å². The van der Waals surface area contributed by atoms with Gasteiger partial charge in [-0.2, -0.15) is 0 Å². The van der Waals surface area contributed by atoms with Crippen molar-refractivity contribution in [3.63, 3.8) is 0 Å². The van der Waals surface area contributed by atoms with E-state index in [-0.39, 0.29) is 0 Å². The van der Waals surface area contributed by atoms with Gasteiger partial charge in [0, 0.05) is 33.3 Å². The second-order valence-corrected chi connectivity index (χ2v) is 4.97. The number of likely N-dealkylation sites (N-methyl/N-ethyl adjacent to an activating group) is 1. The van der Waals surface area contributed by atoms with Gasteiger partial charge in [-0.25, -0.2) is 0 Å². The van der Waals surface area contributed by atoms with E-state index < -0.39 is 0 Å². The molecular weight excluding hydrogens is 252 g/mol. The van der Waals surface area contributed by atoms with Gasteiger partial charge in [-0.3, -0.25) is 0 Å². The quantitative estimate of drug-likeness (QED) is 0.630. The molecule has 0 atom stereocenters. The van der Waals surface area contributed by atoms with Gasteiger partial charge in [0.25, 0.3) is 0 Å². The number of ether oxygens (including phenoxy) is 2. The van der Waals surface area contributed by atoms with Crippen LogP contribution in [-0.4, -0.2) is 51.9 Å². The fourth-order valence-corrected chi connectivity index (χ4v) is 1.79. The highest BCUT2D eigenvalue weighted by Crippen LogP contribution is 2.12. The van der Waals surface area contributed by atoms with Crippen molar-refractivity contribution in [1.82, 2.24) is 10.2 Å². The average molecular weight is 280 g/mol. The van der Waals surface area contributed by atoms with Crippen LogP contribution in [0.1, 0.15) is 18.9 Å². The molecule has 0 bridgehead atoms. The van der Waals surface area contributed by atoms with Crippen LogP contribution in [0.15, 0.2) is 24.3 Å². The molecule has 0 spiro atoms. The van der Waals surface area contributed by atoms with Crippen LogP contribution in [0.4, 0.5) is 0 Å². The minimum absolute atomic E-state index is 0.783. The van der Waals surface area contributed by atoms with Crippen molar-refractivity contribution in [1.29, 1.82) is 0 Å². The second kappa shape index (κ2) is 10.7. The normalized spacial score (nSPS) is 11.0. The van der Waals surface area contributed by atoms with Crippen LogP contribution in [-0.2, 0) is 11.3 Å². The van der Waals surface area contributed by atoms with Crippen LogP contribution >= 0.6 is 0 Å². The van der Waals surface area contributed by atoms with E-state index in [9.17, 15) is 0 Å². The Bertz CT molecular complexity index is 341. The van der Waals surface area contributed by atoms with E-state index in [1.165, 1.54) is 5.56 Å². The molecule has 1 aromatic carbocycles. The molecule has 4 heteroatoms. The van der Waals surface area contributed by atoms with Crippen molar-refractivity contribution < 1.29 is 9.47 Å². The van der Waals surface area contributed by atoms with Crippen molar-refractivity contribution in [2.45, 2.75) is 19.9 Å². The summed E-state index contributed by atoms with van der Waals surface area (Å²) in [5.41, 5.74) is 1.29. The minimum Gasteiger partial charge on any atom is -0.494 e. The van der Waals surface area contributed by atoms with E-state index >= 15 is 0 Å². The first-order valence-electron chi connectivity index (χ1n) is 7.36. The molecule has 0 saturated heterocycles. The summed E-state index contributed by atoms with van der Waals surface area (Å²) in [7, 11) is 3.85. The van der Waals surface area contributed by atoms with E-state index in [2.05, 4.69) is 36.3 Å². The first-order valence-corrected chi connectivity index (χ1v) is 7.36. The standard InChI is InChI=1S/C16H28N2O2/c1-4-12-20-16-7-5-15(6-8-16)14-17-9-10-18(2)11-13-19-3/h5-8,17H,4,9-14H2,1-3H3. The topological polar surface area (TPSA) is 33.7 Å². The molecule has 0 amide bonds. The van der Waals surface area contributed by atoms with Crippen molar-refractivity contribution >= 4 is 0 Å². The molecular formula is C16H28N2O2. The SMILES string of the molecule is CCCOc1ccc(CNCCN(C)CCOC)cc1. The molecule has 0 aliphatic carbocycles. The fraction of sp³-hybridized carbons (Fsp3) is 0.625. The van der Waals surface area contributed by atoms with Crippen LogP contribution in [0.3, 0.4) is 0 Å². The Hall–Kier alpha value is -1.10. The Morgan fingerprint density at radius 3 is 2.50 bits per heavy atom. The van der Waals surface area contributed by atoms with E-state index in [4.69, 9.17) is 9.47 Å². The molecule has 0 unspecified atom stereocenters. The summed E-state index contributed by atoms with van der Waals surface area (Å²) in [6.07, 6.45) is 1.04. The highest BCUT2D eigenvalue weighted by atomic mass is 16.5. The van der Waals surface area contributed by atoms with E-state index in [0.717, 1.165) is 51.6 Å². The maximum atomic E-state index is 5.57. The summed E-state index contributed by atoms with van der Waals surface area (Å²) < 4.78 is 10.6. The summed E-state index contributed by atoms with van der Waals surface area (Å²) in [5, 5.41) is 3.45. The third-order valence-corrected chi connectivity index (χ3v) is 3.07. The highest BCUT2D eigenvalue weighted by Gasteiger charge is 1.98. The van der Waals surface area contributed by atoms with Gasteiger partial charge in [0.2, 0.25) is 0 Å². The molecule has 0 radical (unpaired) electrons. The van der Waals surface area contributed by atoms with Gasteiger partial charge in [0.15, 0.2) is 0 Å². The summed E-state index contributed by atoms with van der Waals surface area (Å²) >= 11 is 0. The van der Waals surface area contributed by atoms with Gasteiger partial charge in [-0.1, -0.05) is 19.1 Å². The Morgan fingerprint density at radius 2 is 1.85 bits per heavy atom. The third kappa shape index (κ3) is 7.48. The Labute approximate surface area is 123 Å². The Balaban J connectivity index is 2.15. The van der Waals surface area contributed by atoms with Crippen molar-refractivity contribution in [2.75, 3.05) is 47.0 Å². The van der Waals surface area contributed by atoms with E-state index in [1.807, 2.05) is 12.1 Å². The highest BCUT2D eigenvalue weighted by molar-refractivity contribution is 5.27. The number of nitrogens with zero attached hydrogens (tertiary/aromatic N) is 1. The molecule has 0 saturated carbocycles. The monoisotopic (exact) mass is 280 g/mol. The Morgan fingerprint density at radius 1 is 1.10 bits per heavy atom. The van der Waals surface area contributed by atoms with E-state index in [1.54, 1.807) is 7.11 Å². The lowest BCUT2D eigenvalue weighted by Crippen LogP contribution is -2.31. The molecule has 114 valence electrons. The number of hydrogen-bond acceptors (Lipinski definition) is 4. The van der Waals surface area contributed by atoms with Gasteiger partial charge in [-0.05, 0) is 31.2 Å². The average Bonchev–Trinajstić information content (AvgIpc) is 2.48. The van der Waals surface area contributed by atoms with Gasteiger partial charge in [-0.15, -0.1) is 0 Å². The number of methoxy groups -OCH3 is 1. The lowest BCUT2D eigenvalue weighted by Gasteiger charge is -2.16. The molecule has 20 heavy (non-hydrogen) atoms. The van der Waals surface area contributed by atoms with Crippen molar-refractivity contribution in [3.8, 4) is 5.75 Å². The van der Waals surface area contributed by atoms with Crippen molar-refractivity contribution in [3.05, 3.63) is 29.8 Å². The fourth-order valence-electron chi connectivity index (χ4n) is 1.79. The predicted octanol–water partition coefficient (Wildman–Crippen LogP) is 2.14. The predicted molar refractivity (Wildman–Crippen MR) is 83.3 cm³/mol. The van der Waals surface area contributed by atoms with Crippen LogP contribution in [0.25, 0.3) is 0 Å². The first kappa shape index (κ1) is 17.0. The lowest BCUT2D eigenvalue weighted by molar-refractivity contribution is 0.161. The molecule has 0 aliphatic heterocycles. The first-order chi connectivity index (χ1) is 9.76. The summed E-state index contributed by atoms with van der Waals surface area (Å²) in [5.74, 6) is 0.954. The summed E-state index contributed by atoms with van der Waals surface area (Å²) in [4.78, 5) is 2.26. The molecule has 1 aromatic rings. The molecule has 0 heterocycles. The number of benzene rings is 1. The molecule has 4 nitrogen and oxygen atoms in total. The summed E-state index contributed by atoms with van der Waals surface area (Å²) in [6.45, 7) is 7.56. The number of rotatable bonds is 11. The van der Waals surface area contributed by atoms with E-state index in [0.29, 0.717) is 0 Å². The molecule has 1 rings (SSSR count).